The molecule has 88 heavy (non-hydrogen) atoms. The number of rotatable bonds is 8. The molecule has 0 aromatic heterocycles. The Hall–Kier alpha value is -4.64. The predicted molar refractivity (Wildman–Crippen MR) is 332 cm³/mol. The zero-order chi connectivity index (χ0) is 60.5. The lowest BCUT2D eigenvalue weighted by atomic mass is 9.43. The fourth-order valence-electron chi connectivity index (χ4n) is 24.9. The van der Waals surface area contributed by atoms with Crippen molar-refractivity contribution in [3.63, 3.8) is 0 Å². The molecule has 17 aliphatic rings. The van der Waals surface area contributed by atoms with Crippen LogP contribution >= 0.6 is 47.0 Å². The van der Waals surface area contributed by atoms with Crippen LogP contribution in [0.25, 0.3) is 0 Å². The number of phenolic OH excluding ortho intramolecular Hbond substituents is 4. The van der Waals surface area contributed by atoms with E-state index in [1.54, 1.807) is 0 Å². The number of aromatic hydroxyl groups is 4. The number of esters is 4. The SMILES string of the molecule is COC(=O)C12CC3CC(C1)CC(c1cc4c(O)c(c1)Sc1cc(C56CC7CC(CC(C(=O)OC)(C7)C5)C6)cc(c1O)Sc1cc(C56CC7CC(CC(C(=O)OC)(C7)C5)C6)cc(c1O)Sc1cc(C56CC7CC(CC(C(=O)OC)(C7)C5)C6)cc(c1O)S4)(C3)C2. The number of carbonyl (C=O) groups is 4. The number of hydrogen-bond acceptors (Lipinski definition) is 16. The van der Waals surface area contributed by atoms with Crippen LogP contribution < -0.4 is 0 Å². The summed E-state index contributed by atoms with van der Waals surface area (Å²) in [6.45, 7) is 0. The highest BCUT2D eigenvalue weighted by Gasteiger charge is 2.66. The van der Waals surface area contributed by atoms with Gasteiger partial charge in [0.2, 0.25) is 0 Å². The number of carbonyl (C=O) groups excluding carboxylic acids is 4. The lowest BCUT2D eigenvalue weighted by Crippen LogP contribution is -2.57. The van der Waals surface area contributed by atoms with Crippen LogP contribution in [0.2, 0.25) is 0 Å². The van der Waals surface area contributed by atoms with Crippen LogP contribution in [-0.4, -0.2) is 72.7 Å². The summed E-state index contributed by atoms with van der Waals surface area (Å²) in [7, 11) is 6.04. The summed E-state index contributed by atoms with van der Waals surface area (Å²) < 4.78 is 22.6. The molecule has 8 atom stereocenters. The molecule has 1 heterocycles. The van der Waals surface area contributed by atoms with E-state index in [2.05, 4.69) is 48.5 Å². The third kappa shape index (κ3) is 8.32. The maximum Gasteiger partial charge on any atom is 0.311 e. The molecule has 24 bridgehead atoms. The fourth-order valence-corrected chi connectivity index (χ4v) is 29.2. The first kappa shape index (κ1) is 57.3. The van der Waals surface area contributed by atoms with Crippen molar-refractivity contribution in [3.05, 3.63) is 70.8 Å². The summed E-state index contributed by atoms with van der Waals surface area (Å²) in [6, 6.07) is 17.0. The van der Waals surface area contributed by atoms with E-state index in [4.69, 9.17) is 18.9 Å². The van der Waals surface area contributed by atoms with Crippen LogP contribution in [0.1, 0.15) is 176 Å². The van der Waals surface area contributed by atoms with E-state index < -0.39 is 43.3 Å². The van der Waals surface area contributed by atoms with Crippen molar-refractivity contribution in [1.82, 2.24) is 0 Å². The Morgan fingerprint density at radius 1 is 0.307 bits per heavy atom. The second-order valence-electron chi connectivity index (χ2n) is 31.7. The molecule has 4 aromatic rings. The lowest BCUT2D eigenvalue weighted by molar-refractivity contribution is -0.171. The average molecular weight is 1270 g/mol. The van der Waals surface area contributed by atoms with Gasteiger partial charge in [-0.2, -0.15) is 0 Å². The summed E-state index contributed by atoms with van der Waals surface area (Å²) in [4.78, 5) is 60.7. The molecular weight excluding hydrogens is 1190 g/mol. The molecule has 1 aliphatic heterocycles. The Balaban J connectivity index is 0.886. The number of benzene rings is 4. The zero-order valence-corrected chi connectivity index (χ0v) is 54.2. The molecule has 0 spiro atoms. The minimum atomic E-state index is -0.610. The van der Waals surface area contributed by atoms with E-state index in [9.17, 15) is 39.6 Å². The van der Waals surface area contributed by atoms with Crippen molar-refractivity contribution in [3.8, 4) is 23.0 Å². The van der Waals surface area contributed by atoms with Gasteiger partial charge in [0.15, 0.2) is 0 Å². The van der Waals surface area contributed by atoms with E-state index in [0.717, 1.165) is 151 Å². The van der Waals surface area contributed by atoms with Crippen molar-refractivity contribution < 1.29 is 58.6 Å². The van der Waals surface area contributed by atoms with Gasteiger partial charge in [0.1, 0.15) is 23.0 Å². The average Bonchev–Trinajstić information content (AvgIpc) is 0.753. The molecule has 4 aromatic carbocycles. The molecule has 0 amide bonds. The minimum absolute atomic E-state index is 0.0305. The summed E-state index contributed by atoms with van der Waals surface area (Å²) in [5, 5.41) is 52.9. The Kier molecular flexibility index (Phi) is 12.7. The van der Waals surface area contributed by atoms with Crippen LogP contribution in [-0.2, 0) is 59.8 Å². The van der Waals surface area contributed by atoms with E-state index in [0.29, 0.717) is 112 Å². The molecule has 16 heteroatoms. The van der Waals surface area contributed by atoms with Crippen molar-refractivity contribution in [2.75, 3.05) is 28.4 Å². The molecule has 0 radical (unpaired) electrons. The second kappa shape index (κ2) is 19.5. The van der Waals surface area contributed by atoms with Crippen molar-refractivity contribution in [2.45, 2.75) is 215 Å². The third-order valence-corrected chi connectivity index (χ3v) is 30.5. The topological polar surface area (TPSA) is 186 Å². The first-order chi connectivity index (χ1) is 42.1. The van der Waals surface area contributed by atoms with Crippen molar-refractivity contribution >= 4 is 70.9 Å². The Bertz CT molecular complexity index is 3110. The van der Waals surface area contributed by atoms with Gasteiger partial charge >= 0.3 is 23.9 Å². The maximum absolute atomic E-state index is 14.1. The molecule has 12 nitrogen and oxygen atoms in total. The van der Waals surface area contributed by atoms with Crippen LogP contribution in [0.5, 0.6) is 23.0 Å². The van der Waals surface area contributed by atoms with Gasteiger partial charge in [-0.15, -0.1) is 0 Å². The standard InChI is InChI=1S/C72H80O12S4/c1-81-61(77)69-25-37-5-38(26-69)18-65(17-37,33-69)45-9-49-57(73)50(10-45)86-52-12-47(67-21-41-7-42(22-67)30-71(29-41,35-67)63(79)83-3)14-54(59(52)75)88-56-16-48(68-23-43-8-44(24-68)32-72(31-43,36-68)64(80)84-4)15-55(60(56)76)87-53-13-46(11-51(85-49)58(53)74)66-19-39-6-40(20-66)28-70(27-39,34-66)62(78)82-2/h9-16,37-44,73-76H,5-8,17-36H2,1-4H3. The van der Waals surface area contributed by atoms with Gasteiger partial charge in [0.25, 0.3) is 0 Å². The molecule has 4 N–H and O–H groups in total. The van der Waals surface area contributed by atoms with Gasteiger partial charge in [-0.25, -0.2) is 0 Å². The number of hydrogen-bond donors (Lipinski definition) is 4. The van der Waals surface area contributed by atoms with Gasteiger partial charge in [-0.1, -0.05) is 47.0 Å². The quantitative estimate of drug-likeness (QED) is 0.0848. The summed E-state index contributed by atoms with van der Waals surface area (Å²) in [5.41, 5.74) is 0.0744. The monoisotopic (exact) mass is 1260 g/mol. The summed E-state index contributed by atoms with van der Waals surface area (Å²) in [5.74, 6) is 2.23. The second-order valence-corrected chi connectivity index (χ2v) is 36.1. The fraction of sp³-hybridized carbons (Fsp3) is 0.611. The first-order valence-corrected chi connectivity index (χ1v) is 36.0. The zero-order valence-electron chi connectivity index (χ0n) is 50.9. The number of fused-ring (bicyclic) bond motifs is 8. The third-order valence-electron chi connectivity index (χ3n) is 26.2. The van der Waals surface area contributed by atoms with Gasteiger partial charge in [0, 0.05) is 0 Å². The maximum atomic E-state index is 14.1. The highest BCUT2D eigenvalue weighted by Crippen LogP contribution is 2.72. The van der Waals surface area contributed by atoms with E-state index >= 15 is 0 Å². The van der Waals surface area contributed by atoms with Crippen molar-refractivity contribution in [2.24, 2.45) is 69.0 Å². The van der Waals surface area contributed by atoms with Gasteiger partial charge in [-0.3, -0.25) is 19.2 Å². The molecule has 16 saturated carbocycles. The first-order valence-electron chi connectivity index (χ1n) is 32.7. The molecule has 16 fully saturated rings. The predicted octanol–water partition coefficient (Wildman–Crippen LogP) is 15.5. The summed E-state index contributed by atoms with van der Waals surface area (Å²) in [6.07, 6.45) is 20.5. The molecular formula is C72H80O12S4. The molecule has 464 valence electrons. The number of phenols is 4. The summed E-state index contributed by atoms with van der Waals surface area (Å²) >= 11 is 5.34. The highest BCUT2D eigenvalue weighted by molar-refractivity contribution is 8.01. The number of ether oxygens (including phenoxy) is 4. The lowest BCUT2D eigenvalue weighted by Gasteiger charge is -2.61. The minimum Gasteiger partial charge on any atom is -0.506 e. The Morgan fingerprint density at radius 2 is 0.466 bits per heavy atom. The van der Waals surface area contributed by atoms with E-state index in [1.807, 2.05) is 0 Å². The normalized spacial score (nSPS) is 40.4. The highest BCUT2D eigenvalue weighted by atomic mass is 32.2. The largest absolute Gasteiger partial charge is 0.506 e. The molecule has 16 aliphatic carbocycles. The molecule has 8 unspecified atom stereocenters. The Labute approximate surface area is 532 Å². The van der Waals surface area contributed by atoms with E-state index in [-0.39, 0.29) is 46.9 Å². The van der Waals surface area contributed by atoms with E-state index in [1.165, 1.54) is 75.5 Å². The molecule has 21 rings (SSSR count). The molecule has 0 saturated heterocycles. The van der Waals surface area contributed by atoms with Gasteiger partial charge < -0.3 is 39.4 Å². The smallest absolute Gasteiger partial charge is 0.311 e. The number of methoxy groups -OCH3 is 4. The van der Waals surface area contributed by atoms with Crippen molar-refractivity contribution in [1.29, 1.82) is 0 Å². The Morgan fingerprint density at radius 3 is 0.614 bits per heavy atom. The van der Waals surface area contributed by atoms with Crippen LogP contribution in [0.3, 0.4) is 0 Å². The van der Waals surface area contributed by atoms with Crippen LogP contribution in [0.15, 0.2) is 87.7 Å². The van der Waals surface area contributed by atoms with Gasteiger partial charge in [-0.05, 0) is 294 Å². The van der Waals surface area contributed by atoms with Crippen LogP contribution in [0, 0.1) is 69.0 Å². The van der Waals surface area contributed by atoms with Gasteiger partial charge in [0.05, 0.1) is 89.3 Å². The van der Waals surface area contributed by atoms with Crippen LogP contribution in [0.4, 0.5) is 0 Å².